The molecular formula is C17H15F3N4O2S2. The van der Waals surface area contributed by atoms with Gasteiger partial charge in [-0.05, 0) is 31.4 Å². The lowest BCUT2D eigenvalue weighted by atomic mass is 10.1. The van der Waals surface area contributed by atoms with Crippen LogP contribution in [0.5, 0.6) is 0 Å². The molecule has 0 aliphatic heterocycles. The van der Waals surface area contributed by atoms with Crippen molar-refractivity contribution in [3.05, 3.63) is 34.7 Å². The number of aromatic nitrogens is 1. The van der Waals surface area contributed by atoms with E-state index in [-0.39, 0.29) is 10.7 Å². The quantitative estimate of drug-likeness (QED) is 0.702. The molecule has 6 nitrogen and oxygen atoms in total. The van der Waals surface area contributed by atoms with Crippen molar-refractivity contribution in [2.45, 2.75) is 30.3 Å². The van der Waals surface area contributed by atoms with Gasteiger partial charge in [0.05, 0.1) is 26.9 Å². The summed E-state index contributed by atoms with van der Waals surface area (Å²) in [4.78, 5) is 28.2. The largest absolute Gasteiger partial charge is 0.417 e. The number of pyridine rings is 1. The van der Waals surface area contributed by atoms with Crippen LogP contribution in [0.25, 0.3) is 10.6 Å². The molecule has 148 valence electrons. The van der Waals surface area contributed by atoms with Crippen molar-refractivity contribution in [3.63, 3.8) is 0 Å². The molecule has 2 heterocycles. The second kappa shape index (κ2) is 9.07. The van der Waals surface area contributed by atoms with Crippen molar-refractivity contribution in [3.8, 4) is 16.6 Å². The molecule has 0 radical (unpaired) electrons. The predicted molar refractivity (Wildman–Crippen MR) is 99.8 cm³/mol. The summed E-state index contributed by atoms with van der Waals surface area (Å²) in [6.45, 7) is 3.38. The number of hydrogen-bond donors (Lipinski definition) is 2. The van der Waals surface area contributed by atoms with Gasteiger partial charge in [0.1, 0.15) is 11.1 Å². The van der Waals surface area contributed by atoms with Crippen molar-refractivity contribution >= 4 is 35.0 Å². The second-order valence-electron chi connectivity index (χ2n) is 5.43. The molecule has 1 atom stereocenters. The van der Waals surface area contributed by atoms with Gasteiger partial charge in [-0.15, -0.1) is 11.3 Å². The van der Waals surface area contributed by atoms with Gasteiger partial charge in [0.15, 0.2) is 0 Å². The molecule has 0 aromatic carbocycles. The summed E-state index contributed by atoms with van der Waals surface area (Å²) in [5.74, 6) is -0.711. The maximum absolute atomic E-state index is 13.5. The zero-order valence-corrected chi connectivity index (χ0v) is 16.4. The Bertz CT molecular complexity index is 908. The molecule has 2 rings (SSSR count). The second-order valence-corrected chi connectivity index (χ2v) is 7.71. The average molecular weight is 428 g/mol. The lowest BCUT2D eigenvalue weighted by Gasteiger charge is -2.16. The third-order valence-electron chi connectivity index (χ3n) is 3.41. The smallest absolute Gasteiger partial charge is 0.338 e. The van der Waals surface area contributed by atoms with Gasteiger partial charge in [0, 0.05) is 6.54 Å². The van der Waals surface area contributed by atoms with Crippen LogP contribution in [-0.2, 0) is 11.0 Å². The first kappa shape index (κ1) is 21.7. The van der Waals surface area contributed by atoms with Crippen molar-refractivity contribution in [1.82, 2.24) is 15.6 Å². The van der Waals surface area contributed by atoms with Crippen LogP contribution < -0.4 is 10.6 Å². The standard InChI is InChI=1S/C17H15F3N4O2S2/c1-3-22-16(26)24-14(25)9(2)28-15-10(8-21)11(17(18,19)20)7-12(23-15)13-5-4-6-27-13/h4-7,9H,3H2,1-2H3,(H2,22,24,25,26)/t9-/m0/s1. The van der Waals surface area contributed by atoms with Gasteiger partial charge in [-0.2, -0.15) is 18.4 Å². The van der Waals surface area contributed by atoms with Gasteiger partial charge in [-0.3, -0.25) is 10.1 Å². The number of alkyl halides is 3. The van der Waals surface area contributed by atoms with E-state index < -0.39 is 34.5 Å². The van der Waals surface area contributed by atoms with Gasteiger partial charge < -0.3 is 5.32 Å². The SMILES string of the molecule is CCNC(=O)NC(=O)[C@H](C)Sc1nc(-c2cccs2)cc(C(F)(F)F)c1C#N. The number of nitrogens with one attached hydrogen (secondary N) is 2. The van der Waals surface area contributed by atoms with Gasteiger partial charge in [-0.1, -0.05) is 17.8 Å². The Balaban J connectivity index is 2.42. The number of halogens is 3. The molecule has 0 spiro atoms. The highest BCUT2D eigenvalue weighted by molar-refractivity contribution is 8.00. The van der Waals surface area contributed by atoms with E-state index in [0.29, 0.717) is 23.2 Å². The number of carbonyl (C=O) groups excluding carboxylic acids is 2. The Kier molecular flexibility index (Phi) is 7.04. The molecule has 0 aliphatic carbocycles. The van der Waals surface area contributed by atoms with E-state index in [2.05, 4.69) is 15.6 Å². The highest BCUT2D eigenvalue weighted by atomic mass is 32.2. The fourth-order valence-corrected chi connectivity index (χ4v) is 3.74. The van der Waals surface area contributed by atoms with Crippen LogP contribution >= 0.6 is 23.1 Å². The Morgan fingerprint density at radius 2 is 2.14 bits per heavy atom. The third-order valence-corrected chi connectivity index (χ3v) is 5.39. The minimum absolute atomic E-state index is 0.0557. The lowest BCUT2D eigenvalue weighted by Crippen LogP contribution is -2.42. The molecule has 28 heavy (non-hydrogen) atoms. The summed E-state index contributed by atoms with van der Waals surface area (Å²) in [6, 6.07) is 4.93. The molecule has 3 amide bonds. The summed E-state index contributed by atoms with van der Waals surface area (Å²) >= 11 is 1.89. The number of hydrogen-bond acceptors (Lipinski definition) is 6. The van der Waals surface area contributed by atoms with E-state index in [0.717, 1.165) is 6.07 Å². The summed E-state index contributed by atoms with van der Waals surface area (Å²) in [6.07, 6.45) is -4.76. The number of amides is 3. The van der Waals surface area contributed by atoms with Crippen LogP contribution in [0.1, 0.15) is 25.0 Å². The summed E-state index contributed by atoms with van der Waals surface area (Å²) < 4.78 is 40.4. The molecule has 2 N–H and O–H groups in total. The minimum atomic E-state index is -4.76. The number of nitrogens with zero attached hydrogens (tertiary/aromatic N) is 2. The zero-order valence-electron chi connectivity index (χ0n) is 14.8. The molecule has 0 saturated heterocycles. The first-order chi connectivity index (χ1) is 13.2. The van der Waals surface area contributed by atoms with Gasteiger partial charge in [0.25, 0.3) is 0 Å². The molecule has 2 aromatic heterocycles. The molecule has 11 heteroatoms. The van der Waals surface area contributed by atoms with Gasteiger partial charge >= 0.3 is 12.2 Å². The first-order valence-corrected chi connectivity index (χ1v) is 9.74. The third kappa shape index (κ3) is 5.24. The fraction of sp³-hybridized carbons (Fsp3) is 0.294. The van der Waals surface area contributed by atoms with Crippen molar-refractivity contribution in [1.29, 1.82) is 5.26 Å². The molecule has 2 aromatic rings. The van der Waals surface area contributed by atoms with E-state index >= 15 is 0 Å². The Labute approximate surface area is 167 Å². The van der Waals surface area contributed by atoms with Crippen LogP contribution in [0.2, 0.25) is 0 Å². The van der Waals surface area contributed by atoms with E-state index in [1.165, 1.54) is 24.3 Å². The van der Waals surface area contributed by atoms with Gasteiger partial charge in [0.2, 0.25) is 5.91 Å². The Morgan fingerprint density at radius 1 is 1.43 bits per heavy atom. The molecule has 0 bridgehead atoms. The van der Waals surface area contributed by atoms with Crippen molar-refractivity contribution in [2.75, 3.05) is 6.54 Å². The van der Waals surface area contributed by atoms with Crippen LogP contribution in [-0.4, -0.2) is 28.7 Å². The molecular weight excluding hydrogens is 413 g/mol. The van der Waals surface area contributed by atoms with Crippen molar-refractivity contribution in [2.24, 2.45) is 0 Å². The van der Waals surface area contributed by atoms with E-state index in [1.807, 2.05) is 0 Å². The van der Waals surface area contributed by atoms with Crippen LogP contribution in [0, 0.1) is 11.3 Å². The van der Waals surface area contributed by atoms with E-state index in [1.54, 1.807) is 24.4 Å². The summed E-state index contributed by atoms with van der Waals surface area (Å²) in [7, 11) is 0. The number of rotatable bonds is 5. The van der Waals surface area contributed by atoms with Gasteiger partial charge in [-0.25, -0.2) is 9.78 Å². The maximum Gasteiger partial charge on any atom is 0.417 e. The highest BCUT2D eigenvalue weighted by Crippen LogP contribution is 2.39. The Hall–Kier alpha value is -2.58. The molecule has 0 fully saturated rings. The zero-order chi connectivity index (χ0) is 20.9. The number of imide groups is 1. The number of urea groups is 1. The topological polar surface area (TPSA) is 94.9 Å². The van der Waals surface area contributed by atoms with Crippen LogP contribution in [0.4, 0.5) is 18.0 Å². The molecule has 0 saturated carbocycles. The first-order valence-electron chi connectivity index (χ1n) is 7.99. The highest BCUT2D eigenvalue weighted by Gasteiger charge is 2.36. The number of nitriles is 1. The minimum Gasteiger partial charge on any atom is -0.338 e. The molecule has 0 unspecified atom stereocenters. The number of thioether (sulfide) groups is 1. The normalized spacial score (nSPS) is 12.1. The van der Waals surface area contributed by atoms with E-state index in [4.69, 9.17) is 0 Å². The lowest BCUT2D eigenvalue weighted by molar-refractivity contribution is -0.138. The van der Waals surface area contributed by atoms with Crippen LogP contribution in [0.3, 0.4) is 0 Å². The molecule has 0 aliphatic rings. The predicted octanol–water partition coefficient (Wildman–Crippen LogP) is 4.03. The Morgan fingerprint density at radius 3 is 2.68 bits per heavy atom. The van der Waals surface area contributed by atoms with Crippen molar-refractivity contribution < 1.29 is 22.8 Å². The maximum atomic E-state index is 13.5. The van der Waals surface area contributed by atoms with E-state index in [9.17, 15) is 28.0 Å². The van der Waals surface area contributed by atoms with Crippen LogP contribution in [0.15, 0.2) is 28.6 Å². The summed E-state index contributed by atoms with van der Waals surface area (Å²) in [5.41, 5.74) is -1.72. The monoisotopic (exact) mass is 428 g/mol. The summed E-state index contributed by atoms with van der Waals surface area (Å²) in [5, 5.41) is 14.3. The number of carbonyl (C=O) groups is 2. The average Bonchev–Trinajstić information content (AvgIpc) is 3.15. The number of thiophene rings is 1. The fourth-order valence-electron chi connectivity index (χ4n) is 2.13.